The fourth-order valence-corrected chi connectivity index (χ4v) is 2.76. The standard InChI is InChI=1S/C17H17FN2O/c18-14-5-6-16(19)15(11-14)17(21)20-9-7-12-3-1-2-4-13(12)8-10-20/h1-6,11H,7-10,19H2. The molecule has 0 aromatic heterocycles. The summed E-state index contributed by atoms with van der Waals surface area (Å²) in [6.45, 7) is 1.26. The molecule has 0 unspecified atom stereocenters. The van der Waals surface area contributed by atoms with Crippen molar-refractivity contribution >= 4 is 11.6 Å². The highest BCUT2D eigenvalue weighted by atomic mass is 19.1. The Morgan fingerprint density at radius 1 is 1.05 bits per heavy atom. The average molecular weight is 284 g/mol. The molecule has 3 nitrogen and oxygen atoms in total. The molecule has 1 aliphatic rings. The topological polar surface area (TPSA) is 46.3 Å². The zero-order valence-corrected chi connectivity index (χ0v) is 11.7. The van der Waals surface area contributed by atoms with E-state index in [0.29, 0.717) is 18.8 Å². The Bertz CT molecular complexity index is 657. The summed E-state index contributed by atoms with van der Waals surface area (Å²) in [5.41, 5.74) is 8.93. The summed E-state index contributed by atoms with van der Waals surface area (Å²) in [6, 6.07) is 12.1. The van der Waals surface area contributed by atoms with E-state index in [2.05, 4.69) is 12.1 Å². The molecule has 108 valence electrons. The smallest absolute Gasteiger partial charge is 0.256 e. The predicted molar refractivity (Wildman–Crippen MR) is 80.6 cm³/mol. The Balaban J connectivity index is 1.82. The van der Waals surface area contributed by atoms with E-state index >= 15 is 0 Å². The summed E-state index contributed by atoms with van der Waals surface area (Å²) in [6.07, 6.45) is 1.63. The molecule has 2 aromatic rings. The molecule has 2 N–H and O–H groups in total. The van der Waals surface area contributed by atoms with E-state index in [1.54, 1.807) is 4.90 Å². The maximum absolute atomic E-state index is 13.3. The van der Waals surface area contributed by atoms with Crippen molar-refractivity contribution in [2.24, 2.45) is 0 Å². The fourth-order valence-electron chi connectivity index (χ4n) is 2.76. The van der Waals surface area contributed by atoms with Gasteiger partial charge in [-0.25, -0.2) is 4.39 Å². The summed E-state index contributed by atoms with van der Waals surface area (Å²) in [4.78, 5) is 14.3. The van der Waals surface area contributed by atoms with Gasteiger partial charge < -0.3 is 10.6 Å². The highest BCUT2D eigenvalue weighted by Gasteiger charge is 2.21. The predicted octanol–water partition coefficient (Wildman–Crippen LogP) is 2.65. The number of carbonyl (C=O) groups excluding carboxylic acids is 1. The molecule has 2 aromatic carbocycles. The minimum absolute atomic E-state index is 0.195. The largest absolute Gasteiger partial charge is 0.398 e. The van der Waals surface area contributed by atoms with E-state index in [-0.39, 0.29) is 11.5 Å². The molecule has 21 heavy (non-hydrogen) atoms. The van der Waals surface area contributed by atoms with Gasteiger partial charge >= 0.3 is 0 Å². The summed E-state index contributed by atoms with van der Waals surface area (Å²) in [5.74, 6) is -0.634. The molecular formula is C17H17FN2O. The van der Waals surface area contributed by atoms with Crippen LogP contribution in [-0.2, 0) is 12.8 Å². The van der Waals surface area contributed by atoms with Gasteiger partial charge in [-0.05, 0) is 42.2 Å². The summed E-state index contributed by atoms with van der Waals surface area (Å²) in [7, 11) is 0. The number of hydrogen-bond donors (Lipinski definition) is 1. The van der Waals surface area contributed by atoms with Crippen molar-refractivity contribution in [2.45, 2.75) is 12.8 Å². The molecular weight excluding hydrogens is 267 g/mol. The molecule has 0 fully saturated rings. The first-order valence-corrected chi connectivity index (χ1v) is 7.06. The van der Waals surface area contributed by atoms with Gasteiger partial charge in [0.15, 0.2) is 0 Å². The van der Waals surface area contributed by atoms with Crippen molar-refractivity contribution in [3.63, 3.8) is 0 Å². The third kappa shape index (κ3) is 2.75. The summed E-state index contributed by atoms with van der Waals surface area (Å²) < 4.78 is 13.3. The maximum atomic E-state index is 13.3. The number of anilines is 1. The van der Waals surface area contributed by atoms with Crippen LogP contribution in [0.4, 0.5) is 10.1 Å². The molecule has 0 spiro atoms. The van der Waals surface area contributed by atoms with Crippen molar-refractivity contribution < 1.29 is 9.18 Å². The first kappa shape index (κ1) is 13.6. The van der Waals surface area contributed by atoms with Crippen molar-refractivity contribution in [3.8, 4) is 0 Å². The lowest BCUT2D eigenvalue weighted by Gasteiger charge is -2.21. The molecule has 1 amide bonds. The van der Waals surface area contributed by atoms with E-state index < -0.39 is 5.82 Å². The molecule has 0 saturated carbocycles. The van der Waals surface area contributed by atoms with Gasteiger partial charge in [0.25, 0.3) is 5.91 Å². The van der Waals surface area contributed by atoms with E-state index in [4.69, 9.17) is 5.73 Å². The molecule has 3 rings (SSSR count). The van der Waals surface area contributed by atoms with Crippen molar-refractivity contribution in [1.29, 1.82) is 0 Å². The number of nitrogen functional groups attached to an aromatic ring is 1. The number of nitrogens with zero attached hydrogens (tertiary/aromatic N) is 1. The average Bonchev–Trinajstić information content (AvgIpc) is 2.71. The van der Waals surface area contributed by atoms with E-state index in [1.807, 2.05) is 12.1 Å². The molecule has 1 aliphatic heterocycles. The molecule has 0 saturated heterocycles. The summed E-state index contributed by atoms with van der Waals surface area (Å²) in [5, 5.41) is 0. The first-order valence-electron chi connectivity index (χ1n) is 7.06. The van der Waals surface area contributed by atoms with Crippen LogP contribution in [0.1, 0.15) is 21.5 Å². The number of hydrogen-bond acceptors (Lipinski definition) is 2. The monoisotopic (exact) mass is 284 g/mol. The van der Waals surface area contributed by atoms with Gasteiger partial charge in [-0.15, -0.1) is 0 Å². The van der Waals surface area contributed by atoms with Crippen molar-refractivity contribution in [1.82, 2.24) is 4.90 Å². The third-order valence-corrected chi connectivity index (χ3v) is 3.95. The molecule has 0 atom stereocenters. The van der Waals surface area contributed by atoms with E-state index in [0.717, 1.165) is 12.8 Å². The number of benzene rings is 2. The van der Waals surface area contributed by atoms with Crippen LogP contribution in [0.5, 0.6) is 0 Å². The fraction of sp³-hybridized carbons (Fsp3) is 0.235. The lowest BCUT2D eigenvalue weighted by molar-refractivity contribution is 0.0763. The van der Waals surface area contributed by atoms with Crippen LogP contribution >= 0.6 is 0 Å². The Morgan fingerprint density at radius 3 is 2.29 bits per heavy atom. The maximum Gasteiger partial charge on any atom is 0.256 e. The molecule has 0 radical (unpaired) electrons. The van der Waals surface area contributed by atoms with Gasteiger partial charge in [-0.3, -0.25) is 4.79 Å². The Kier molecular flexibility index (Phi) is 3.60. The quantitative estimate of drug-likeness (QED) is 0.818. The highest BCUT2D eigenvalue weighted by Crippen LogP contribution is 2.20. The number of fused-ring (bicyclic) bond motifs is 1. The highest BCUT2D eigenvalue weighted by molar-refractivity contribution is 5.99. The molecule has 0 bridgehead atoms. The lowest BCUT2D eigenvalue weighted by Crippen LogP contribution is -2.33. The number of nitrogens with two attached hydrogens (primary N) is 1. The third-order valence-electron chi connectivity index (χ3n) is 3.95. The second-order valence-corrected chi connectivity index (χ2v) is 5.29. The Morgan fingerprint density at radius 2 is 1.67 bits per heavy atom. The van der Waals surface area contributed by atoms with Crippen LogP contribution in [0, 0.1) is 5.82 Å². The van der Waals surface area contributed by atoms with E-state index in [1.165, 1.54) is 29.3 Å². The van der Waals surface area contributed by atoms with Crippen LogP contribution in [-0.4, -0.2) is 23.9 Å². The zero-order chi connectivity index (χ0) is 14.8. The molecule has 1 heterocycles. The SMILES string of the molecule is Nc1ccc(F)cc1C(=O)N1CCc2ccccc2CC1. The van der Waals surface area contributed by atoms with Crippen LogP contribution < -0.4 is 5.73 Å². The van der Waals surface area contributed by atoms with Crippen LogP contribution in [0.25, 0.3) is 0 Å². The zero-order valence-electron chi connectivity index (χ0n) is 11.7. The molecule has 0 aliphatic carbocycles. The Hall–Kier alpha value is -2.36. The summed E-state index contributed by atoms with van der Waals surface area (Å²) >= 11 is 0. The van der Waals surface area contributed by atoms with Crippen LogP contribution in [0.15, 0.2) is 42.5 Å². The lowest BCUT2D eigenvalue weighted by atomic mass is 10.0. The van der Waals surface area contributed by atoms with Gasteiger partial charge in [0.1, 0.15) is 5.82 Å². The van der Waals surface area contributed by atoms with Crippen molar-refractivity contribution in [2.75, 3.05) is 18.8 Å². The normalized spacial score (nSPS) is 14.4. The number of carbonyl (C=O) groups is 1. The van der Waals surface area contributed by atoms with Gasteiger partial charge in [0.05, 0.1) is 5.56 Å². The van der Waals surface area contributed by atoms with Gasteiger partial charge in [-0.1, -0.05) is 24.3 Å². The minimum Gasteiger partial charge on any atom is -0.398 e. The molecule has 4 heteroatoms. The van der Waals surface area contributed by atoms with Crippen LogP contribution in [0.3, 0.4) is 0 Å². The van der Waals surface area contributed by atoms with Gasteiger partial charge in [-0.2, -0.15) is 0 Å². The second-order valence-electron chi connectivity index (χ2n) is 5.29. The van der Waals surface area contributed by atoms with Crippen LogP contribution in [0.2, 0.25) is 0 Å². The minimum atomic E-state index is -0.439. The second kappa shape index (κ2) is 5.56. The van der Waals surface area contributed by atoms with Gasteiger partial charge in [0.2, 0.25) is 0 Å². The van der Waals surface area contributed by atoms with E-state index in [9.17, 15) is 9.18 Å². The van der Waals surface area contributed by atoms with Gasteiger partial charge in [0, 0.05) is 18.8 Å². The van der Waals surface area contributed by atoms with Crippen molar-refractivity contribution in [3.05, 3.63) is 65.0 Å². The number of amides is 1. The Labute approximate surface area is 123 Å². The number of rotatable bonds is 1. The number of halogens is 1. The first-order chi connectivity index (χ1) is 10.1.